The molecule has 0 aliphatic rings. The quantitative estimate of drug-likeness (QED) is 0.247. The van der Waals surface area contributed by atoms with E-state index < -0.39 is 11.9 Å². The molecule has 0 radical (unpaired) electrons. The third kappa shape index (κ3) is 8.53. The van der Waals surface area contributed by atoms with Gasteiger partial charge in [-0.3, -0.25) is 29.1 Å². The highest BCUT2D eigenvalue weighted by molar-refractivity contribution is 6.00. The molecule has 0 aliphatic heterocycles. The second-order valence-electron chi connectivity index (χ2n) is 10.2. The lowest BCUT2D eigenvalue weighted by atomic mass is 10.0. The van der Waals surface area contributed by atoms with Crippen LogP contribution in [0.15, 0.2) is 85.2 Å². The van der Waals surface area contributed by atoms with Gasteiger partial charge in [0.15, 0.2) is 5.78 Å². The Morgan fingerprint density at radius 1 is 0.805 bits per heavy atom. The van der Waals surface area contributed by atoms with Crippen molar-refractivity contribution >= 4 is 34.4 Å². The van der Waals surface area contributed by atoms with E-state index in [9.17, 15) is 19.2 Å². The molecule has 3 N–H and O–H groups in total. The molecule has 0 spiro atoms. The molecular formula is C32H33N5O4. The molecule has 9 nitrogen and oxygen atoms in total. The Hall–Kier alpha value is -4.92. The standard InChI is InChI=1S/C32H33N5O4/c1-21(2)15-29(37-31(40)25-11-12-28-24(18-25)9-6-14-34-28)32(41)36-20-26(38)19-35-30(39)17-22-7-5-8-23(16-22)27-10-3-4-13-33-27/h3-14,16,18,21,29H,15,17,19-20H2,1-2H3,(H,35,39)(H,36,41)(H,37,40)/t29-/m0/s1. The van der Waals surface area contributed by atoms with Crippen LogP contribution in [0.25, 0.3) is 22.2 Å². The Morgan fingerprint density at radius 2 is 1.61 bits per heavy atom. The molecule has 1 atom stereocenters. The molecular weight excluding hydrogens is 518 g/mol. The predicted octanol–water partition coefficient (Wildman–Crippen LogP) is 3.49. The summed E-state index contributed by atoms with van der Waals surface area (Å²) in [6.07, 6.45) is 3.89. The van der Waals surface area contributed by atoms with Gasteiger partial charge in [0.05, 0.1) is 30.7 Å². The van der Waals surface area contributed by atoms with Crippen molar-refractivity contribution < 1.29 is 19.2 Å². The van der Waals surface area contributed by atoms with Gasteiger partial charge in [0, 0.05) is 28.9 Å². The number of nitrogens with zero attached hydrogens (tertiary/aromatic N) is 2. The zero-order valence-corrected chi connectivity index (χ0v) is 23.1. The van der Waals surface area contributed by atoms with E-state index in [1.807, 2.05) is 62.4 Å². The minimum atomic E-state index is -0.819. The number of fused-ring (bicyclic) bond motifs is 1. The third-order valence-electron chi connectivity index (χ3n) is 6.39. The summed E-state index contributed by atoms with van der Waals surface area (Å²) >= 11 is 0. The van der Waals surface area contributed by atoms with Gasteiger partial charge in [0.1, 0.15) is 6.04 Å². The van der Waals surface area contributed by atoms with E-state index in [2.05, 4.69) is 25.9 Å². The van der Waals surface area contributed by atoms with E-state index in [0.29, 0.717) is 12.0 Å². The molecule has 210 valence electrons. The number of ketones is 1. The maximum absolute atomic E-state index is 12.9. The fraction of sp³-hybridized carbons (Fsp3) is 0.250. The van der Waals surface area contributed by atoms with Crippen LogP contribution >= 0.6 is 0 Å². The molecule has 0 saturated carbocycles. The van der Waals surface area contributed by atoms with Crippen LogP contribution in [0.4, 0.5) is 0 Å². The molecule has 2 heterocycles. The van der Waals surface area contributed by atoms with Gasteiger partial charge in [-0.1, -0.05) is 44.2 Å². The molecule has 4 rings (SSSR count). The van der Waals surface area contributed by atoms with Crippen molar-refractivity contribution in [3.05, 3.63) is 96.3 Å². The Kier molecular flexibility index (Phi) is 9.88. The molecule has 0 aliphatic carbocycles. The average Bonchev–Trinajstić information content (AvgIpc) is 2.98. The number of amides is 3. The van der Waals surface area contributed by atoms with Gasteiger partial charge in [-0.05, 0) is 60.4 Å². The maximum Gasteiger partial charge on any atom is 0.251 e. The zero-order valence-electron chi connectivity index (χ0n) is 23.1. The summed E-state index contributed by atoms with van der Waals surface area (Å²) in [6, 6.07) is 21.1. The van der Waals surface area contributed by atoms with Crippen LogP contribution in [0.5, 0.6) is 0 Å². The van der Waals surface area contributed by atoms with Crippen LogP contribution in [-0.4, -0.2) is 52.6 Å². The van der Waals surface area contributed by atoms with Crippen molar-refractivity contribution in [3.8, 4) is 11.3 Å². The minimum Gasteiger partial charge on any atom is -0.349 e. The Bertz CT molecular complexity index is 1540. The van der Waals surface area contributed by atoms with Crippen LogP contribution in [-0.2, 0) is 20.8 Å². The zero-order chi connectivity index (χ0) is 29.2. The molecule has 4 aromatic rings. The minimum absolute atomic E-state index is 0.105. The maximum atomic E-state index is 12.9. The second-order valence-corrected chi connectivity index (χ2v) is 10.2. The first-order chi connectivity index (χ1) is 19.8. The van der Waals surface area contributed by atoms with Crippen molar-refractivity contribution in [3.63, 3.8) is 0 Å². The largest absolute Gasteiger partial charge is 0.349 e. The number of rotatable bonds is 12. The highest BCUT2D eigenvalue weighted by atomic mass is 16.2. The summed E-state index contributed by atoms with van der Waals surface area (Å²) in [4.78, 5) is 59.3. The van der Waals surface area contributed by atoms with E-state index in [0.717, 1.165) is 27.7 Å². The number of nitrogens with one attached hydrogen (secondary N) is 3. The summed E-state index contributed by atoms with van der Waals surface area (Å²) in [6.45, 7) is 3.41. The number of hydrogen-bond donors (Lipinski definition) is 3. The monoisotopic (exact) mass is 551 g/mol. The van der Waals surface area contributed by atoms with Crippen molar-refractivity contribution in [2.45, 2.75) is 32.7 Å². The van der Waals surface area contributed by atoms with Crippen molar-refractivity contribution in [2.24, 2.45) is 5.92 Å². The molecule has 0 bridgehead atoms. The highest BCUT2D eigenvalue weighted by Crippen LogP contribution is 2.18. The summed E-state index contributed by atoms with van der Waals surface area (Å²) in [5.74, 6) is -1.38. The number of carbonyl (C=O) groups is 4. The van der Waals surface area contributed by atoms with E-state index in [1.165, 1.54) is 0 Å². The SMILES string of the molecule is CC(C)C[C@H](NC(=O)c1ccc2ncccc2c1)C(=O)NCC(=O)CNC(=O)Cc1cccc(-c2ccccn2)c1. The first-order valence-electron chi connectivity index (χ1n) is 13.5. The number of Topliss-reactive ketones (excluding diaryl/α,β-unsaturated/α-hetero) is 1. The molecule has 9 heteroatoms. The van der Waals surface area contributed by atoms with Crippen molar-refractivity contribution in [1.29, 1.82) is 0 Å². The summed E-state index contributed by atoms with van der Waals surface area (Å²) in [7, 11) is 0. The molecule has 3 amide bonds. The van der Waals surface area contributed by atoms with Gasteiger partial charge in [-0.15, -0.1) is 0 Å². The average molecular weight is 552 g/mol. The Balaban J connectivity index is 1.26. The van der Waals surface area contributed by atoms with Crippen LogP contribution in [0.3, 0.4) is 0 Å². The first kappa shape index (κ1) is 29.1. The number of pyridine rings is 2. The van der Waals surface area contributed by atoms with Crippen molar-refractivity contribution in [1.82, 2.24) is 25.9 Å². The number of aromatic nitrogens is 2. The normalized spacial score (nSPS) is 11.6. The summed E-state index contributed by atoms with van der Waals surface area (Å²) < 4.78 is 0. The number of carbonyl (C=O) groups excluding carboxylic acids is 4. The summed E-state index contributed by atoms with van der Waals surface area (Å²) in [5, 5.41) is 8.82. The molecule has 0 saturated heterocycles. The molecule has 2 aromatic carbocycles. The third-order valence-corrected chi connectivity index (χ3v) is 6.39. The first-order valence-corrected chi connectivity index (χ1v) is 13.5. The van der Waals surface area contributed by atoms with Crippen molar-refractivity contribution in [2.75, 3.05) is 13.1 Å². The van der Waals surface area contributed by atoms with Crippen LogP contribution < -0.4 is 16.0 Å². The Labute approximate surface area is 238 Å². The lowest BCUT2D eigenvalue weighted by Crippen LogP contribution is -2.49. The fourth-order valence-corrected chi connectivity index (χ4v) is 4.35. The number of benzene rings is 2. The topological polar surface area (TPSA) is 130 Å². The van der Waals surface area contributed by atoms with Gasteiger partial charge in [-0.25, -0.2) is 0 Å². The summed E-state index contributed by atoms with van der Waals surface area (Å²) in [5.41, 5.74) is 3.68. The van der Waals surface area contributed by atoms with Crippen LogP contribution in [0.2, 0.25) is 0 Å². The van der Waals surface area contributed by atoms with Crippen LogP contribution in [0, 0.1) is 5.92 Å². The highest BCUT2D eigenvalue weighted by Gasteiger charge is 2.23. The van der Waals surface area contributed by atoms with E-state index >= 15 is 0 Å². The van der Waals surface area contributed by atoms with Gasteiger partial charge < -0.3 is 16.0 Å². The van der Waals surface area contributed by atoms with E-state index in [1.54, 1.807) is 36.7 Å². The smallest absolute Gasteiger partial charge is 0.251 e. The second kappa shape index (κ2) is 13.9. The predicted molar refractivity (Wildman–Crippen MR) is 157 cm³/mol. The van der Waals surface area contributed by atoms with E-state index in [4.69, 9.17) is 0 Å². The molecule has 0 fully saturated rings. The number of hydrogen-bond acceptors (Lipinski definition) is 6. The molecule has 0 unspecified atom stereocenters. The lowest BCUT2D eigenvalue weighted by Gasteiger charge is -2.20. The van der Waals surface area contributed by atoms with Crippen LogP contribution in [0.1, 0.15) is 36.2 Å². The lowest BCUT2D eigenvalue weighted by molar-refractivity contribution is -0.127. The van der Waals surface area contributed by atoms with E-state index in [-0.39, 0.29) is 43.0 Å². The van der Waals surface area contributed by atoms with Gasteiger partial charge in [0.25, 0.3) is 5.91 Å². The fourth-order valence-electron chi connectivity index (χ4n) is 4.35. The van der Waals surface area contributed by atoms with Gasteiger partial charge >= 0.3 is 0 Å². The molecule has 2 aromatic heterocycles. The molecule has 41 heavy (non-hydrogen) atoms. The van der Waals surface area contributed by atoms with Gasteiger partial charge in [-0.2, -0.15) is 0 Å². The van der Waals surface area contributed by atoms with Gasteiger partial charge in [0.2, 0.25) is 11.8 Å². The Morgan fingerprint density at radius 3 is 2.39 bits per heavy atom.